The van der Waals surface area contributed by atoms with Crippen molar-refractivity contribution in [2.24, 2.45) is 5.92 Å². The molecule has 352 valence electrons. The van der Waals surface area contributed by atoms with Crippen molar-refractivity contribution in [1.29, 1.82) is 0 Å². The summed E-state index contributed by atoms with van der Waals surface area (Å²) in [5.41, 5.74) is 1.24. The molecule has 0 aliphatic carbocycles. The van der Waals surface area contributed by atoms with E-state index in [1.165, 1.54) is 19.2 Å². The minimum absolute atomic E-state index is 0.0215. The van der Waals surface area contributed by atoms with E-state index in [1.54, 1.807) is 40.7 Å². The van der Waals surface area contributed by atoms with Crippen LogP contribution in [0.4, 0.5) is 9.59 Å². The minimum Gasteiger partial charge on any atom is -0.467 e. The summed E-state index contributed by atoms with van der Waals surface area (Å²) in [7, 11) is 1.24. The molecule has 0 saturated carbocycles. The Balaban J connectivity index is 1.29. The van der Waals surface area contributed by atoms with Crippen LogP contribution in [0.2, 0.25) is 0 Å². The van der Waals surface area contributed by atoms with Gasteiger partial charge < -0.3 is 54.4 Å². The first-order valence-corrected chi connectivity index (χ1v) is 22.2. The maximum atomic E-state index is 14.2. The van der Waals surface area contributed by atoms with Crippen LogP contribution in [0.1, 0.15) is 78.0 Å². The zero-order valence-electron chi connectivity index (χ0n) is 37.8. The van der Waals surface area contributed by atoms with E-state index in [0.29, 0.717) is 16.5 Å². The molecule has 4 N–H and O–H groups in total. The van der Waals surface area contributed by atoms with Crippen LogP contribution in [0, 0.1) is 5.92 Å². The number of carbonyl (C=O) groups excluding carboxylic acids is 6. The third-order valence-electron chi connectivity index (χ3n) is 10.1. The van der Waals surface area contributed by atoms with Crippen molar-refractivity contribution in [3.8, 4) is 5.75 Å². The minimum atomic E-state index is -1.23. The standard InChI is InChI=1S/C47H59BrN4O13/c1-27(2)21-35(43(56)59-8)50-40(54)33(22-28-15-11-9-12-16-28)49-37(53)25-36-38-39(64-47(6,7)63-38)42(62-36)52-41(55)34(51-44(57)65-46(3,4)5)23-30-19-20-31(24-32(30)48)61-45(58)60-26-29-17-13-10-14-18-29/h9-20,24,27,33-36,38-39,42H,21-23,25-26H2,1-8H3,(H,49,53)(H,50,54)(H,51,57)(H,52,55)/t33-,34-,35-,36-,38-,39-,42-/m0/s1. The fraction of sp³-hybridized carbons (Fsp3) is 0.489. The average Bonchev–Trinajstić information content (AvgIpc) is 3.71. The second kappa shape index (κ2) is 22.6. The van der Waals surface area contributed by atoms with Crippen LogP contribution in [0.5, 0.6) is 5.75 Å². The number of nitrogens with one attached hydrogen (secondary N) is 4. The predicted molar refractivity (Wildman–Crippen MR) is 239 cm³/mol. The molecule has 4 amide bonds. The number of hydrogen-bond acceptors (Lipinski definition) is 13. The van der Waals surface area contributed by atoms with Gasteiger partial charge in [-0.25, -0.2) is 14.4 Å². The van der Waals surface area contributed by atoms with Crippen molar-refractivity contribution < 1.29 is 61.9 Å². The monoisotopic (exact) mass is 966 g/mol. The Labute approximate surface area is 387 Å². The van der Waals surface area contributed by atoms with Crippen molar-refractivity contribution in [3.63, 3.8) is 0 Å². The zero-order chi connectivity index (χ0) is 47.5. The Morgan fingerprint density at radius 3 is 2.03 bits per heavy atom. The Morgan fingerprint density at radius 1 is 0.785 bits per heavy atom. The highest BCUT2D eigenvalue weighted by Crippen LogP contribution is 2.39. The maximum Gasteiger partial charge on any atom is 0.514 e. The molecule has 2 aliphatic rings. The van der Waals surface area contributed by atoms with E-state index in [1.807, 2.05) is 74.5 Å². The second-order valence-corrected chi connectivity index (χ2v) is 18.5. The Hall–Kier alpha value is -5.56. The molecule has 2 aliphatic heterocycles. The number of alkyl carbamates (subject to hydrolysis) is 1. The van der Waals surface area contributed by atoms with Gasteiger partial charge in [-0.15, -0.1) is 0 Å². The molecular formula is C47H59BrN4O13. The fourth-order valence-corrected chi connectivity index (χ4v) is 7.80. The van der Waals surface area contributed by atoms with Gasteiger partial charge in [0.05, 0.1) is 19.6 Å². The Morgan fingerprint density at radius 2 is 1.42 bits per heavy atom. The van der Waals surface area contributed by atoms with Gasteiger partial charge in [0.25, 0.3) is 0 Å². The first kappa shape index (κ1) is 50.4. The highest BCUT2D eigenvalue weighted by Gasteiger charge is 2.56. The smallest absolute Gasteiger partial charge is 0.467 e. The van der Waals surface area contributed by atoms with Crippen LogP contribution in [0.3, 0.4) is 0 Å². The van der Waals surface area contributed by atoms with E-state index >= 15 is 0 Å². The van der Waals surface area contributed by atoms with Crippen LogP contribution < -0.4 is 26.0 Å². The highest BCUT2D eigenvalue weighted by molar-refractivity contribution is 9.10. The number of hydrogen-bond donors (Lipinski definition) is 4. The van der Waals surface area contributed by atoms with E-state index in [9.17, 15) is 28.8 Å². The van der Waals surface area contributed by atoms with Gasteiger partial charge in [-0.2, -0.15) is 0 Å². The van der Waals surface area contributed by atoms with E-state index < -0.39 is 90.0 Å². The summed E-state index contributed by atoms with van der Waals surface area (Å²) in [6.45, 7) is 12.3. The van der Waals surface area contributed by atoms with Crippen LogP contribution in [-0.4, -0.2) is 97.1 Å². The summed E-state index contributed by atoms with van der Waals surface area (Å²) < 4.78 is 40.1. The van der Waals surface area contributed by atoms with Gasteiger partial charge in [-0.05, 0) is 75.8 Å². The lowest BCUT2D eigenvalue weighted by molar-refractivity contribution is -0.192. The summed E-state index contributed by atoms with van der Waals surface area (Å²) in [5.74, 6) is -3.30. The lowest BCUT2D eigenvalue weighted by Gasteiger charge is -2.27. The number of esters is 1. The van der Waals surface area contributed by atoms with E-state index in [4.69, 9.17) is 33.2 Å². The molecule has 65 heavy (non-hydrogen) atoms. The summed E-state index contributed by atoms with van der Waals surface area (Å²) >= 11 is 3.50. The van der Waals surface area contributed by atoms with Crippen molar-refractivity contribution in [1.82, 2.24) is 21.3 Å². The summed E-state index contributed by atoms with van der Waals surface area (Å²) in [5, 5.41) is 11.1. The first-order valence-electron chi connectivity index (χ1n) is 21.4. The molecule has 0 aromatic heterocycles. The Bertz CT molecular complexity index is 2130. The second-order valence-electron chi connectivity index (χ2n) is 17.7. The third kappa shape index (κ3) is 15.5. The molecule has 3 aromatic carbocycles. The number of halogens is 1. The van der Waals surface area contributed by atoms with Crippen LogP contribution in [0.15, 0.2) is 83.3 Å². The Kier molecular flexibility index (Phi) is 17.5. The highest BCUT2D eigenvalue weighted by atomic mass is 79.9. The molecule has 0 radical (unpaired) electrons. The van der Waals surface area contributed by atoms with Crippen molar-refractivity contribution in [3.05, 3.63) is 100 Å². The van der Waals surface area contributed by atoms with Crippen LogP contribution in [-0.2, 0) is 67.0 Å². The quantitative estimate of drug-likeness (QED) is 0.0677. The lowest BCUT2D eigenvalue weighted by Crippen LogP contribution is -2.54. The number of benzene rings is 3. The molecule has 18 heteroatoms. The summed E-state index contributed by atoms with van der Waals surface area (Å²) in [6, 6.07) is 19.7. The van der Waals surface area contributed by atoms with Crippen molar-refractivity contribution >= 4 is 51.9 Å². The van der Waals surface area contributed by atoms with Gasteiger partial charge in [0.1, 0.15) is 48.3 Å². The topological polar surface area (TPSA) is 215 Å². The number of fused-ring (bicyclic) bond motifs is 1. The average molecular weight is 968 g/mol. The fourth-order valence-electron chi connectivity index (χ4n) is 7.28. The molecular weight excluding hydrogens is 908 g/mol. The molecule has 2 fully saturated rings. The SMILES string of the molecule is COC(=O)[C@H](CC(C)C)NC(=O)[C@H](Cc1ccccc1)NC(=O)C[C@@H]1O[C@H](NC(=O)[C@H](Cc2ccc(OC(=O)OCc3ccccc3)cc2Br)NC(=O)OC(C)(C)C)[C@H]2OC(C)(C)O[C@H]21. The molecule has 0 bridgehead atoms. The van der Waals surface area contributed by atoms with Crippen molar-refractivity contribution in [2.75, 3.05) is 7.11 Å². The zero-order valence-corrected chi connectivity index (χ0v) is 39.4. The first-order chi connectivity index (χ1) is 30.7. The molecule has 2 heterocycles. The molecule has 17 nitrogen and oxygen atoms in total. The molecule has 0 spiro atoms. The van der Waals surface area contributed by atoms with Crippen LogP contribution >= 0.6 is 15.9 Å². The third-order valence-corrected chi connectivity index (χ3v) is 10.9. The van der Waals surface area contributed by atoms with Gasteiger partial charge in [0.15, 0.2) is 12.0 Å². The predicted octanol–water partition coefficient (Wildman–Crippen LogP) is 5.78. The number of carbonyl (C=O) groups is 6. The van der Waals surface area contributed by atoms with E-state index in [2.05, 4.69) is 37.2 Å². The molecule has 7 atom stereocenters. The number of ether oxygens (including phenoxy) is 7. The van der Waals surface area contributed by atoms with Gasteiger partial charge in [-0.3, -0.25) is 14.4 Å². The summed E-state index contributed by atoms with van der Waals surface area (Å²) in [4.78, 5) is 79.9. The van der Waals surface area contributed by atoms with E-state index in [-0.39, 0.29) is 37.5 Å². The largest absolute Gasteiger partial charge is 0.514 e. The number of rotatable bonds is 18. The number of amides is 4. The van der Waals surface area contributed by atoms with Gasteiger partial charge in [0.2, 0.25) is 17.7 Å². The molecule has 5 rings (SSSR count). The normalized spacial score (nSPS) is 20.0. The summed E-state index contributed by atoms with van der Waals surface area (Å²) in [6.07, 6.45) is -5.46. The van der Waals surface area contributed by atoms with Crippen molar-refractivity contribution in [2.45, 2.75) is 135 Å². The van der Waals surface area contributed by atoms with Gasteiger partial charge >= 0.3 is 18.2 Å². The van der Waals surface area contributed by atoms with Gasteiger partial charge in [0, 0.05) is 17.3 Å². The number of methoxy groups -OCH3 is 1. The lowest BCUT2D eigenvalue weighted by atomic mass is 10.0. The van der Waals surface area contributed by atoms with Crippen LogP contribution in [0.25, 0.3) is 0 Å². The van der Waals surface area contributed by atoms with Gasteiger partial charge in [-0.1, -0.05) is 96.5 Å². The molecule has 0 unspecified atom stereocenters. The van der Waals surface area contributed by atoms with E-state index in [0.717, 1.165) is 11.1 Å². The maximum absolute atomic E-state index is 14.2. The molecule has 2 saturated heterocycles. The molecule has 3 aromatic rings.